The summed E-state index contributed by atoms with van der Waals surface area (Å²) >= 11 is 0. The zero-order valence-corrected chi connectivity index (χ0v) is 41.8. The minimum absolute atomic E-state index is 0.106. The molecule has 19 heteroatoms. The van der Waals surface area contributed by atoms with Crippen LogP contribution in [0.2, 0.25) is 0 Å². The fourth-order valence-corrected chi connectivity index (χ4v) is 9.02. The van der Waals surface area contributed by atoms with E-state index in [1.165, 1.54) is 44.9 Å². The number of hydrogen-bond acceptors (Lipinski definition) is 18. The average molecular weight is 1030 g/mol. The van der Waals surface area contributed by atoms with Gasteiger partial charge in [0, 0.05) is 18.8 Å². The maximum atomic E-state index is 13.3. The molecule has 3 rings (SSSR count). The first-order valence-electron chi connectivity index (χ1n) is 30.8. The summed E-state index contributed by atoms with van der Waals surface area (Å²) in [6.07, 6.45) is -14.0. The molecule has 0 radical (unpaired) electrons. The predicted octanol–water partition coefficient (Wildman–Crippen LogP) is 3.04. The number of rotatable bonds is 39. The number of carbonyl (C=O) groups is 1. The van der Waals surface area contributed by atoms with Crippen LogP contribution in [0.5, 0.6) is 0 Å². The summed E-state index contributed by atoms with van der Waals surface area (Å²) in [4.78, 5) is 13.3. The van der Waals surface area contributed by atoms with Gasteiger partial charge in [-0.05, 0) is 19.3 Å². The van der Waals surface area contributed by atoms with Gasteiger partial charge in [-0.1, -0.05) is 167 Å². The van der Waals surface area contributed by atoms with Gasteiger partial charge in [0.25, 0.3) is 0 Å². The number of aliphatic hydroxyl groups excluding tert-OH is 11. The number of nitrogens with one attached hydrogen (secondary N) is 1. The summed E-state index contributed by atoms with van der Waals surface area (Å²) in [5.74, 6) is -0.394. The molecule has 3 saturated heterocycles. The van der Waals surface area contributed by atoms with Gasteiger partial charge in [-0.15, -0.1) is 0 Å². The van der Waals surface area contributed by atoms with Crippen molar-refractivity contribution in [3.8, 4) is 0 Å². The molecule has 0 aromatic carbocycles. The Labute approximate surface area is 435 Å². The Morgan fingerprint density at radius 1 is 0.577 bits per heavy atom. The zero-order valence-electron chi connectivity index (χ0n) is 50.8. The van der Waals surface area contributed by atoms with Gasteiger partial charge >= 0.3 is 0 Å². The van der Waals surface area contributed by atoms with Crippen molar-refractivity contribution in [3.63, 3.8) is 0 Å². The van der Waals surface area contributed by atoms with E-state index in [2.05, 4.69) is 12.2 Å². The van der Waals surface area contributed by atoms with Gasteiger partial charge in [0.15, 0.2) is 18.9 Å². The van der Waals surface area contributed by atoms with E-state index in [-0.39, 0.29) is 19.3 Å². The van der Waals surface area contributed by atoms with E-state index in [9.17, 15) is 61.0 Å². The molecule has 3 aliphatic rings. The first-order valence-corrected chi connectivity index (χ1v) is 26.3. The SMILES string of the molecule is [2H]C([2H])([2H])C([2H])([2H])C([2H])([2H])C([2H])([2H])CCCCCCCCCCCC(=O)N[C@@H](CO[C@@H]1O[C@H](CO)[C@@H](O[C@@H]2O[C@H](CO)[C@H](O[C@H]3O[C@H](CO)[C@H](O)[C@H](O)[C@H]3O)[C@H](O)[C@H]2O)[C@H](O)[C@H]1O)[C@H](O)/C=C/CCCCCCCCCCCCC. The lowest BCUT2D eigenvalue weighted by Gasteiger charge is -2.48. The second-order valence-electron chi connectivity index (χ2n) is 19.2. The molecule has 71 heavy (non-hydrogen) atoms. The average Bonchev–Trinajstić information content (AvgIpc) is 3.41. The topological polar surface area (TPSA) is 307 Å². The lowest BCUT2D eigenvalue weighted by atomic mass is 9.96. The van der Waals surface area contributed by atoms with Crippen LogP contribution in [0.15, 0.2) is 12.2 Å². The van der Waals surface area contributed by atoms with Crippen molar-refractivity contribution in [1.29, 1.82) is 0 Å². The fraction of sp³-hybridized carbons (Fsp3) is 0.942. The van der Waals surface area contributed by atoms with E-state index >= 15 is 0 Å². The Balaban J connectivity index is 1.54. The Morgan fingerprint density at radius 3 is 1.55 bits per heavy atom. The standard InChI is InChI=1S/C52H97NO18/c1-3-5-7-9-11-13-15-17-19-21-23-25-27-29-36(57)35(53-40(58)30-28-26-24-22-20-18-16-14-12-10-8-6-4-2)34-66-50-46(64)43(61)48(38(32-55)68-50)71-52-47(65)44(62)49(39(33-56)69-52)70-51-45(63)42(60)41(59)37(31-54)67-51/h27,29,35-39,41-52,54-57,59-65H,3-26,28,30-34H2,1-2H3,(H,53,58)/b29-27+/t35-,36+,37+,38+,39+,41-,42-,43+,44+,45+,46+,47+,48+,49-,50+,51+,52-/m0/s1/i2D3,4D2,6D2,8D2. The molecule has 19 nitrogen and oxygen atoms in total. The number of allylic oxidation sites excluding steroid dienone is 1. The van der Waals surface area contributed by atoms with Crippen molar-refractivity contribution in [1.82, 2.24) is 5.32 Å². The molecular weight excluding hydrogens is 927 g/mol. The van der Waals surface area contributed by atoms with Gasteiger partial charge in [0.2, 0.25) is 5.91 Å². The van der Waals surface area contributed by atoms with Gasteiger partial charge < -0.3 is 89.9 Å². The molecule has 0 bridgehead atoms. The molecule has 3 fully saturated rings. The van der Waals surface area contributed by atoms with E-state index in [4.69, 9.17) is 40.8 Å². The van der Waals surface area contributed by atoms with Gasteiger partial charge in [-0.25, -0.2) is 0 Å². The molecule has 0 aromatic heterocycles. The van der Waals surface area contributed by atoms with Gasteiger partial charge in [0.1, 0.15) is 73.2 Å². The minimum Gasteiger partial charge on any atom is -0.394 e. The summed E-state index contributed by atoms with van der Waals surface area (Å²) in [6, 6.07) is -1.07. The smallest absolute Gasteiger partial charge is 0.220 e. The Hall–Kier alpha value is -1.47. The molecule has 17 atom stereocenters. The van der Waals surface area contributed by atoms with Gasteiger partial charge in [-0.2, -0.15) is 0 Å². The molecule has 0 saturated carbocycles. The van der Waals surface area contributed by atoms with Crippen molar-refractivity contribution in [2.75, 3.05) is 26.4 Å². The van der Waals surface area contributed by atoms with Crippen LogP contribution in [0.3, 0.4) is 0 Å². The summed E-state index contributed by atoms with van der Waals surface area (Å²) in [5.41, 5.74) is 0. The number of ether oxygens (including phenoxy) is 6. The number of carbonyl (C=O) groups excluding carboxylic acids is 1. The van der Waals surface area contributed by atoms with E-state index in [0.717, 1.165) is 57.8 Å². The van der Waals surface area contributed by atoms with Crippen LogP contribution in [0.4, 0.5) is 0 Å². The van der Waals surface area contributed by atoms with E-state index < -0.39 is 163 Å². The molecule has 12 N–H and O–H groups in total. The van der Waals surface area contributed by atoms with Crippen LogP contribution >= 0.6 is 0 Å². The van der Waals surface area contributed by atoms with Crippen molar-refractivity contribution in [2.45, 2.75) is 285 Å². The first kappa shape index (κ1) is 50.4. The maximum Gasteiger partial charge on any atom is 0.220 e. The fourth-order valence-electron chi connectivity index (χ4n) is 9.02. The van der Waals surface area contributed by atoms with Gasteiger partial charge in [0.05, 0.1) is 38.6 Å². The number of unbranched alkanes of at least 4 members (excludes halogenated alkanes) is 19. The van der Waals surface area contributed by atoms with Crippen molar-refractivity contribution in [3.05, 3.63) is 12.2 Å². The highest BCUT2D eigenvalue weighted by molar-refractivity contribution is 5.76. The largest absolute Gasteiger partial charge is 0.394 e. The molecule has 3 heterocycles. The highest BCUT2D eigenvalue weighted by Gasteiger charge is 2.53. The Kier molecular flexibility index (Phi) is 26.5. The molecule has 3 aliphatic heterocycles. The van der Waals surface area contributed by atoms with Crippen molar-refractivity contribution < 1.29 is 102 Å². The quantitative estimate of drug-likeness (QED) is 0.0311. The monoisotopic (exact) mass is 1030 g/mol. The van der Waals surface area contributed by atoms with E-state index in [1.807, 2.05) is 6.08 Å². The van der Waals surface area contributed by atoms with Crippen LogP contribution in [0.1, 0.15) is 193 Å². The summed E-state index contributed by atoms with van der Waals surface area (Å²) in [6.45, 7) is -4.10. The lowest BCUT2D eigenvalue weighted by Crippen LogP contribution is -2.66. The molecule has 418 valence electrons. The summed E-state index contributed by atoms with van der Waals surface area (Å²) < 4.78 is 104. The Bertz CT molecular complexity index is 1730. The first-order chi connectivity index (χ1) is 37.7. The molecule has 0 spiro atoms. The summed E-state index contributed by atoms with van der Waals surface area (Å²) in [5, 5.41) is 120. The zero-order chi connectivity index (χ0) is 59.8. The minimum atomic E-state index is -3.37. The third-order valence-electron chi connectivity index (χ3n) is 13.4. The number of aliphatic hydroxyl groups is 11. The maximum absolute atomic E-state index is 13.3. The molecule has 0 aliphatic carbocycles. The van der Waals surface area contributed by atoms with Crippen LogP contribution in [-0.4, -0.2) is 193 Å². The van der Waals surface area contributed by atoms with Crippen LogP contribution in [0.25, 0.3) is 0 Å². The van der Waals surface area contributed by atoms with E-state index in [0.29, 0.717) is 25.7 Å². The third kappa shape index (κ3) is 22.7. The Morgan fingerprint density at radius 2 is 1.03 bits per heavy atom. The second-order valence-corrected chi connectivity index (χ2v) is 19.2. The van der Waals surface area contributed by atoms with Crippen LogP contribution in [0, 0.1) is 0 Å². The second kappa shape index (κ2) is 37.3. The van der Waals surface area contributed by atoms with Crippen LogP contribution < -0.4 is 5.32 Å². The highest BCUT2D eigenvalue weighted by atomic mass is 16.8. The lowest BCUT2D eigenvalue weighted by molar-refractivity contribution is -0.379. The van der Waals surface area contributed by atoms with Gasteiger partial charge in [-0.3, -0.25) is 4.79 Å². The van der Waals surface area contributed by atoms with E-state index in [1.54, 1.807) is 6.08 Å². The predicted molar refractivity (Wildman–Crippen MR) is 263 cm³/mol. The molecular formula is C52H97NO18. The normalized spacial score (nSPS) is 35.0. The number of hydrogen-bond donors (Lipinski definition) is 12. The molecule has 0 unspecified atom stereocenters. The summed E-state index contributed by atoms with van der Waals surface area (Å²) in [7, 11) is 0. The van der Waals surface area contributed by atoms with Crippen molar-refractivity contribution in [2.24, 2.45) is 0 Å². The molecule has 1 amide bonds. The third-order valence-corrected chi connectivity index (χ3v) is 13.4. The van der Waals surface area contributed by atoms with Crippen molar-refractivity contribution >= 4 is 5.91 Å². The molecule has 0 aromatic rings. The number of amides is 1. The highest BCUT2D eigenvalue weighted by Crippen LogP contribution is 2.33. The van der Waals surface area contributed by atoms with Crippen LogP contribution in [-0.2, 0) is 33.2 Å².